The molecule has 0 fully saturated rings. The van der Waals surface area contributed by atoms with E-state index in [0.29, 0.717) is 5.16 Å². The van der Waals surface area contributed by atoms with Crippen LogP contribution in [-0.4, -0.2) is 26.4 Å². The van der Waals surface area contributed by atoms with Gasteiger partial charge in [0.1, 0.15) is 0 Å². The van der Waals surface area contributed by atoms with Crippen LogP contribution in [0.3, 0.4) is 0 Å². The molecule has 2 rings (SSSR count). The van der Waals surface area contributed by atoms with Crippen LogP contribution in [0.2, 0.25) is 0 Å². The summed E-state index contributed by atoms with van der Waals surface area (Å²) in [6.07, 6.45) is 1.58. The van der Waals surface area contributed by atoms with E-state index in [2.05, 4.69) is 20.9 Å². The first kappa shape index (κ1) is 13.8. The Morgan fingerprint density at radius 3 is 2.79 bits per heavy atom. The highest BCUT2D eigenvalue weighted by atomic mass is 79.9. The number of nitrogens with zero attached hydrogens (tertiary/aromatic N) is 2. The van der Waals surface area contributed by atoms with Gasteiger partial charge in [-0.2, -0.15) is 4.98 Å². The second-order valence-corrected chi connectivity index (χ2v) is 5.35. The van der Waals surface area contributed by atoms with Crippen LogP contribution < -0.4 is 5.56 Å². The standard InChI is InChI=1S/C12H9BrN2O3S/c13-8-3-1-2-4-9(8)15-6-5-10(16)14-12(15)19-7-11(17)18/h1-6H,7H2,(H,17,18). The largest absolute Gasteiger partial charge is 0.481 e. The predicted octanol–water partition coefficient (Wildman–Crippen LogP) is 2.17. The highest BCUT2D eigenvalue weighted by Gasteiger charge is 2.10. The minimum absolute atomic E-state index is 0.152. The van der Waals surface area contributed by atoms with Crippen LogP contribution in [0.4, 0.5) is 0 Å². The highest BCUT2D eigenvalue weighted by molar-refractivity contribution is 9.10. The van der Waals surface area contributed by atoms with Crippen molar-refractivity contribution in [1.82, 2.24) is 9.55 Å². The third-order valence-electron chi connectivity index (χ3n) is 2.21. The van der Waals surface area contributed by atoms with Crippen LogP contribution in [0.15, 0.2) is 51.0 Å². The fourth-order valence-electron chi connectivity index (χ4n) is 1.45. The lowest BCUT2D eigenvalue weighted by Gasteiger charge is -2.12. The van der Waals surface area contributed by atoms with Crippen molar-refractivity contribution in [2.75, 3.05) is 5.75 Å². The van der Waals surface area contributed by atoms with Crippen LogP contribution in [0.5, 0.6) is 0 Å². The lowest BCUT2D eigenvalue weighted by molar-refractivity contribution is -0.133. The van der Waals surface area contributed by atoms with E-state index in [-0.39, 0.29) is 5.75 Å². The van der Waals surface area contributed by atoms with Gasteiger partial charge < -0.3 is 5.11 Å². The fourth-order valence-corrected chi connectivity index (χ4v) is 2.63. The molecule has 98 valence electrons. The molecule has 0 aliphatic rings. The minimum Gasteiger partial charge on any atom is -0.481 e. The van der Waals surface area contributed by atoms with E-state index in [1.54, 1.807) is 10.8 Å². The smallest absolute Gasteiger partial charge is 0.313 e. The number of benzene rings is 1. The van der Waals surface area contributed by atoms with Gasteiger partial charge in [-0.05, 0) is 28.1 Å². The molecule has 1 aromatic carbocycles. The maximum absolute atomic E-state index is 11.3. The van der Waals surface area contributed by atoms with Gasteiger partial charge in [-0.1, -0.05) is 23.9 Å². The third-order valence-corrected chi connectivity index (χ3v) is 3.82. The Hall–Kier alpha value is -1.60. The number of carboxylic acid groups (broad SMARTS) is 1. The van der Waals surface area contributed by atoms with Gasteiger partial charge in [0.15, 0.2) is 5.16 Å². The van der Waals surface area contributed by atoms with Crippen LogP contribution in [-0.2, 0) is 4.79 Å². The first-order valence-corrected chi connectivity index (χ1v) is 7.05. The summed E-state index contributed by atoms with van der Waals surface area (Å²) in [6.45, 7) is 0. The van der Waals surface area contributed by atoms with Gasteiger partial charge in [-0.15, -0.1) is 0 Å². The van der Waals surface area contributed by atoms with Crippen molar-refractivity contribution in [3.05, 3.63) is 51.4 Å². The number of hydrogen-bond acceptors (Lipinski definition) is 4. The molecule has 0 aliphatic carbocycles. The van der Waals surface area contributed by atoms with Crippen molar-refractivity contribution in [3.63, 3.8) is 0 Å². The normalized spacial score (nSPS) is 10.4. The van der Waals surface area contributed by atoms with Crippen LogP contribution in [0, 0.1) is 0 Å². The Morgan fingerprint density at radius 1 is 1.37 bits per heavy atom. The van der Waals surface area contributed by atoms with Crippen molar-refractivity contribution in [1.29, 1.82) is 0 Å². The average molecular weight is 341 g/mol. The van der Waals surface area contributed by atoms with Crippen molar-refractivity contribution in [2.24, 2.45) is 0 Å². The average Bonchev–Trinajstić information content (AvgIpc) is 2.37. The quantitative estimate of drug-likeness (QED) is 0.682. The Kier molecular flexibility index (Phi) is 4.39. The van der Waals surface area contributed by atoms with Gasteiger partial charge in [0, 0.05) is 16.7 Å². The zero-order chi connectivity index (χ0) is 13.8. The van der Waals surface area contributed by atoms with E-state index in [0.717, 1.165) is 21.9 Å². The zero-order valence-corrected chi connectivity index (χ0v) is 12.0. The number of halogens is 1. The molecule has 19 heavy (non-hydrogen) atoms. The molecule has 0 amide bonds. The predicted molar refractivity (Wildman–Crippen MR) is 75.9 cm³/mol. The Bertz CT molecular complexity index is 672. The maximum atomic E-state index is 11.3. The molecule has 1 heterocycles. The number of aromatic nitrogens is 2. The molecule has 2 aromatic rings. The zero-order valence-electron chi connectivity index (χ0n) is 9.62. The number of carboxylic acids is 1. The van der Waals surface area contributed by atoms with Gasteiger partial charge >= 0.3 is 5.97 Å². The molecule has 0 bridgehead atoms. The molecule has 0 unspecified atom stereocenters. The molecule has 7 heteroatoms. The summed E-state index contributed by atoms with van der Waals surface area (Å²) in [4.78, 5) is 25.8. The third kappa shape index (κ3) is 3.45. The van der Waals surface area contributed by atoms with Gasteiger partial charge in [0.25, 0.3) is 5.56 Å². The molecule has 1 aromatic heterocycles. The van der Waals surface area contributed by atoms with Gasteiger partial charge in [0.2, 0.25) is 0 Å². The number of aliphatic carboxylic acids is 1. The van der Waals surface area contributed by atoms with Crippen molar-refractivity contribution in [3.8, 4) is 5.69 Å². The van der Waals surface area contributed by atoms with E-state index >= 15 is 0 Å². The summed E-state index contributed by atoms with van der Waals surface area (Å²) in [5.74, 6) is -1.11. The Morgan fingerprint density at radius 2 is 2.11 bits per heavy atom. The van der Waals surface area contributed by atoms with E-state index in [9.17, 15) is 9.59 Å². The number of hydrogen-bond donors (Lipinski definition) is 1. The van der Waals surface area contributed by atoms with Crippen molar-refractivity contribution in [2.45, 2.75) is 5.16 Å². The summed E-state index contributed by atoms with van der Waals surface area (Å²) in [6, 6.07) is 8.77. The number of carbonyl (C=O) groups is 1. The topological polar surface area (TPSA) is 72.2 Å². The van der Waals surface area contributed by atoms with Crippen molar-refractivity contribution >= 4 is 33.7 Å². The van der Waals surface area contributed by atoms with E-state index < -0.39 is 11.5 Å². The summed E-state index contributed by atoms with van der Waals surface area (Å²) >= 11 is 4.42. The molecule has 0 spiro atoms. The van der Waals surface area contributed by atoms with E-state index in [4.69, 9.17) is 5.11 Å². The Balaban J connectivity index is 2.48. The van der Waals surface area contributed by atoms with Crippen LogP contribution in [0.1, 0.15) is 0 Å². The van der Waals surface area contributed by atoms with E-state index in [1.807, 2.05) is 24.3 Å². The number of para-hydroxylation sites is 1. The molecule has 5 nitrogen and oxygen atoms in total. The summed E-state index contributed by atoms with van der Waals surface area (Å²) in [5, 5.41) is 9.06. The van der Waals surface area contributed by atoms with E-state index in [1.165, 1.54) is 6.07 Å². The van der Waals surface area contributed by atoms with Gasteiger partial charge in [-0.3, -0.25) is 14.2 Å². The lowest BCUT2D eigenvalue weighted by atomic mass is 10.3. The second kappa shape index (κ2) is 6.03. The summed E-state index contributed by atoms with van der Waals surface area (Å²) in [5.41, 5.74) is 0.402. The molecule has 0 atom stereocenters. The van der Waals surface area contributed by atoms with Crippen LogP contribution >= 0.6 is 27.7 Å². The first-order chi connectivity index (χ1) is 9.08. The molecule has 0 saturated heterocycles. The minimum atomic E-state index is -0.957. The number of thioether (sulfide) groups is 1. The molecule has 0 radical (unpaired) electrons. The van der Waals surface area contributed by atoms with Crippen molar-refractivity contribution < 1.29 is 9.90 Å². The molecular formula is C12H9BrN2O3S. The maximum Gasteiger partial charge on any atom is 0.313 e. The van der Waals surface area contributed by atoms with Crippen LogP contribution in [0.25, 0.3) is 5.69 Å². The number of rotatable bonds is 4. The molecule has 0 aliphatic heterocycles. The van der Waals surface area contributed by atoms with Gasteiger partial charge in [0.05, 0.1) is 11.4 Å². The van der Waals surface area contributed by atoms with Gasteiger partial charge in [-0.25, -0.2) is 0 Å². The lowest BCUT2D eigenvalue weighted by Crippen LogP contribution is -2.13. The summed E-state index contributed by atoms with van der Waals surface area (Å²) < 4.78 is 2.51. The molecular weight excluding hydrogens is 332 g/mol. The first-order valence-electron chi connectivity index (χ1n) is 5.27. The highest BCUT2D eigenvalue weighted by Crippen LogP contribution is 2.24. The molecule has 0 saturated carbocycles. The fraction of sp³-hybridized carbons (Fsp3) is 0.0833. The molecule has 1 N–H and O–H groups in total. The second-order valence-electron chi connectivity index (χ2n) is 3.55. The monoisotopic (exact) mass is 340 g/mol. The SMILES string of the molecule is O=C(O)CSc1nc(=O)ccn1-c1ccccc1Br. The Labute approximate surface area is 121 Å². The summed E-state index contributed by atoms with van der Waals surface area (Å²) in [7, 11) is 0.